The zero-order valence-electron chi connectivity index (χ0n) is 7.15. The number of nitrogens with zero attached hydrogens (tertiary/aromatic N) is 2. The van der Waals surface area contributed by atoms with Crippen molar-refractivity contribution in [3.63, 3.8) is 0 Å². The number of aliphatic imine (C=N–C) groups is 1. The van der Waals surface area contributed by atoms with Gasteiger partial charge in [-0.1, -0.05) is 23.2 Å². The maximum Gasteiger partial charge on any atom is 0.129 e. The van der Waals surface area contributed by atoms with Crippen LogP contribution in [0.3, 0.4) is 0 Å². The molecular formula is C7H12Cl2N2. The van der Waals surface area contributed by atoms with Gasteiger partial charge in [-0.3, -0.25) is 4.99 Å². The molecule has 0 aromatic heterocycles. The van der Waals surface area contributed by atoms with Gasteiger partial charge in [0.15, 0.2) is 0 Å². The summed E-state index contributed by atoms with van der Waals surface area (Å²) in [5, 5.41) is 1.06. The van der Waals surface area contributed by atoms with Crippen LogP contribution in [0, 0.1) is 0 Å². The van der Waals surface area contributed by atoms with E-state index in [2.05, 4.69) is 4.99 Å². The van der Waals surface area contributed by atoms with E-state index in [0.717, 1.165) is 5.57 Å². The van der Waals surface area contributed by atoms with Crippen LogP contribution in [0.25, 0.3) is 0 Å². The zero-order valence-corrected chi connectivity index (χ0v) is 8.66. The molecule has 0 rings (SSSR count). The highest BCUT2D eigenvalue weighted by molar-refractivity contribution is 6.70. The fourth-order valence-electron chi connectivity index (χ4n) is 0.588. The minimum Gasteiger partial charge on any atom is -0.368 e. The Balaban J connectivity index is 4.67. The zero-order chi connectivity index (χ0) is 9.02. The highest BCUT2D eigenvalue weighted by Gasteiger charge is 2.04. The number of rotatable bonds is 2. The molecule has 0 atom stereocenters. The van der Waals surface area contributed by atoms with Gasteiger partial charge in [0.2, 0.25) is 0 Å². The van der Waals surface area contributed by atoms with Crippen LogP contribution in [-0.2, 0) is 0 Å². The summed E-state index contributed by atoms with van der Waals surface area (Å²) < 4.78 is 0. The summed E-state index contributed by atoms with van der Waals surface area (Å²) in [7, 11) is 5.34. The predicted octanol–water partition coefficient (Wildman–Crippen LogP) is 2.29. The molecule has 0 amide bonds. The average molecular weight is 195 g/mol. The lowest BCUT2D eigenvalue weighted by molar-refractivity contribution is 0.544. The van der Waals surface area contributed by atoms with E-state index < -0.39 is 0 Å². The number of allylic oxidation sites excluding steroid dienone is 1. The van der Waals surface area contributed by atoms with Crippen LogP contribution in [0.1, 0.15) is 6.92 Å². The molecule has 0 aliphatic rings. The second-order valence-electron chi connectivity index (χ2n) is 2.32. The van der Waals surface area contributed by atoms with Gasteiger partial charge in [0.1, 0.15) is 10.3 Å². The summed E-state index contributed by atoms with van der Waals surface area (Å²) in [6.07, 6.45) is 0. The SMILES string of the molecule is C/N=C(Cl)\C(C)=C(\Cl)N(C)C. The molecule has 0 aromatic carbocycles. The second kappa shape index (κ2) is 4.62. The molecule has 2 nitrogen and oxygen atoms in total. The van der Waals surface area contributed by atoms with E-state index in [-0.39, 0.29) is 0 Å². The third-order valence-corrected chi connectivity index (χ3v) is 2.28. The summed E-state index contributed by atoms with van der Waals surface area (Å²) in [5.41, 5.74) is 0.792. The summed E-state index contributed by atoms with van der Waals surface area (Å²) in [6.45, 7) is 1.83. The monoisotopic (exact) mass is 194 g/mol. The third kappa shape index (κ3) is 3.12. The molecule has 0 saturated heterocycles. The Morgan fingerprint density at radius 2 is 1.73 bits per heavy atom. The molecule has 0 aliphatic heterocycles. The van der Waals surface area contributed by atoms with E-state index in [9.17, 15) is 0 Å². The van der Waals surface area contributed by atoms with Crippen LogP contribution in [0.4, 0.5) is 0 Å². The maximum atomic E-state index is 5.88. The lowest BCUT2D eigenvalue weighted by Crippen LogP contribution is -2.10. The second-order valence-corrected chi connectivity index (χ2v) is 3.04. The normalized spacial score (nSPS) is 14.5. The Kier molecular flexibility index (Phi) is 4.54. The van der Waals surface area contributed by atoms with Crippen LogP contribution < -0.4 is 0 Å². The van der Waals surface area contributed by atoms with E-state index in [0.29, 0.717) is 10.3 Å². The number of halogens is 2. The third-order valence-electron chi connectivity index (χ3n) is 1.21. The van der Waals surface area contributed by atoms with Crippen molar-refractivity contribution in [2.75, 3.05) is 21.1 Å². The quantitative estimate of drug-likeness (QED) is 0.487. The van der Waals surface area contributed by atoms with Crippen LogP contribution in [0.5, 0.6) is 0 Å². The van der Waals surface area contributed by atoms with E-state index in [4.69, 9.17) is 23.2 Å². The molecule has 0 N–H and O–H groups in total. The molecule has 0 radical (unpaired) electrons. The van der Waals surface area contributed by atoms with Gasteiger partial charge in [-0.05, 0) is 6.92 Å². The molecule has 0 unspecified atom stereocenters. The number of hydrogen-bond donors (Lipinski definition) is 0. The minimum atomic E-state index is 0.448. The Morgan fingerprint density at radius 3 is 2.00 bits per heavy atom. The van der Waals surface area contributed by atoms with Gasteiger partial charge in [0.05, 0.1) is 0 Å². The molecular weight excluding hydrogens is 183 g/mol. The molecule has 0 saturated carbocycles. The van der Waals surface area contributed by atoms with E-state index in [1.807, 2.05) is 21.0 Å². The number of hydrogen-bond acceptors (Lipinski definition) is 2. The van der Waals surface area contributed by atoms with Gasteiger partial charge in [-0.25, -0.2) is 0 Å². The molecule has 0 heterocycles. The molecule has 64 valence electrons. The molecule has 0 fully saturated rings. The first-order valence-corrected chi connectivity index (χ1v) is 3.92. The highest BCUT2D eigenvalue weighted by atomic mass is 35.5. The molecule has 0 spiro atoms. The molecule has 0 aliphatic carbocycles. The first-order valence-electron chi connectivity index (χ1n) is 3.17. The van der Waals surface area contributed by atoms with Gasteiger partial charge in [0.25, 0.3) is 0 Å². The smallest absolute Gasteiger partial charge is 0.129 e. The molecule has 11 heavy (non-hydrogen) atoms. The highest BCUT2D eigenvalue weighted by Crippen LogP contribution is 2.14. The van der Waals surface area contributed by atoms with Gasteiger partial charge in [0, 0.05) is 26.7 Å². The van der Waals surface area contributed by atoms with Gasteiger partial charge >= 0.3 is 0 Å². The summed E-state index contributed by atoms with van der Waals surface area (Å²) in [4.78, 5) is 5.59. The van der Waals surface area contributed by atoms with Crippen LogP contribution in [0.15, 0.2) is 15.7 Å². The van der Waals surface area contributed by atoms with E-state index in [1.54, 1.807) is 11.9 Å². The van der Waals surface area contributed by atoms with Crippen LogP contribution in [0.2, 0.25) is 0 Å². The molecule has 4 heteroatoms. The Hall–Kier alpha value is -0.210. The molecule has 0 bridgehead atoms. The summed E-state index contributed by atoms with van der Waals surface area (Å²) in [5.74, 6) is 0. The summed E-state index contributed by atoms with van der Waals surface area (Å²) >= 11 is 11.6. The topological polar surface area (TPSA) is 15.6 Å². The van der Waals surface area contributed by atoms with Crippen molar-refractivity contribution in [3.8, 4) is 0 Å². The van der Waals surface area contributed by atoms with E-state index in [1.165, 1.54) is 0 Å². The van der Waals surface area contributed by atoms with Gasteiger partial charge < -0.3 is 4.90 Å². The van der Waals surface area contributed by atoms with Crippen LogP contribution >= 0.6 is 23.2 Å². The van der Waals surface area contributed by atoms with Crippen molar-refractivity contribution >= 4 is 28.4 Å². The van der Waals surface area contributed by atoms with Gasteiger partial charge in [-0.2, -0.15) is 0 Å². The standard InChI is InChI=1S/C7H12Cl2N2/c1-5(6(8)10-2)7(9)11(3)4/h1-4H3/b7-5-,10-6+. The Labute approximate surface area is 77.5 Å². The van der Waals surface area contributed by atoms with Crippen molar-refractivity contribution in [3.05, 3.63) is 10.7 Å². The Bertz CT molecular complexity index is 195. The maximum absolute atomic E-state index is 5.88. The van der Waals surface area contributed by atoms with Crippen molar-refractivity contribution in [2.24, 2.45) is 4.99 Å². The largest absolute Gasteiger partial charge is 0.368 e. The fraction of sp³-hybridized carbons (Fsp3) is 0.571. The van der Waals surface area contributed by atoms with Crippen molar-refractivity contribution in [1.29, 1.82) is 0 Å². The lowest BCUT2D eigenvalue weighted by atomic mass is 10.3. The lowest BCUT2D eigenvalue weighted by Gasteiger charge is -2.12. The minimum absolute atomic E-state index is 0.448. The van der Waals surface area contributed by atoms with E-state index >= 15 is 0 Å². The van der Waals surface area contributed by atoms with Crippen molar-refractivity contribution < 1.29 is 0 Å². The Morgan fingerprint density at radius 1 is 1.27 bits per heavy atom. The first-order chi connectivity index (χ1) is 5.00. The van der Waals surface area contributed by atoms with Crippen LogP contribution in [-0.4, -0.2) is 31.2 Å². The summed E-state index contributed by atoms with van der Waals surface area (Å²) in [6, 6.07) is 0. The molecule has 0 aromatic rings. The first kappa shape index (κ1) is 10.8. The van der Waals surface area contributed by atoms with Crippen molar-refractivity contribution in [1.82, 2.24) is 4.90 Å². The average Bonchev–Trinajstić information content (AvgIpc) is 2.00. The van der Waals surface area contributed by atoms with Crippen molar-refractivity contribution in [2.45, 2.75) is 6.92 Å². The fourth-order valence-corrected chi connectivity index (χ4v) is 0.816. The van der Waals surface area contributed by atoms with Gasteiger partial charge in [-0.15, -0.1) is 0 Å². The predicted molar refractivity (Wildman–Crippen MR) is 51.5 cm³/mol.